The van der Waals surface area contributed by atoms with Gasteiger partial charge in [0.25, 0.3) is 0 Å². The molecule has 68 heavy (non-hydrogen) atoms. The van der Waals surface area contributed by atoms with Crippen LogP contribution in [0.25, 0.3) is 0 Å². The molecule has 0 amide bonds. The molecule has 0 spiro atoms. The summed E-state index contributed by atoms with van der Waals surface area (Å²) in [6, 6.07) is 0. The van der Waals surface area contributed by atoms with Gasteiger partial charge in [-0.25, -0.2) is 0 Å². The van der Waals surface area contributed by atoms with Crippen LogP contribution in [0.2, 0.25) is 4.44 Å². The monoisotopic (exact) mass is 1070 g/mol. The van der Waals surface area contributed by atoms with Crippen LogP contribution in [0.3, 0.4) is 0 Å². The summed E-state index contributed by atoms with van der Waals surface area (Å²) in [5, 5.41) is 0. The Hall–Kier alpha value is -0.791. The predicted molar refractivity (Wildman–Crippen MR) is 296 cm³/mol. The van der Waals surface area contributed by atoms with E-state index in [4.69, 9.17) is 9.22 Å². The normalized spacial score (nSPS) is 11.6. The minimum absolute atomic E-state index is 0.293. The molecular formula is C61H120O6Sn. The van der Waals surface area contributed by atoms with Crippen LogP contribution >= 0.6 is 0 Å². The maximum absolute atomic E-state index is 13.6. The molecule has 7 heteroatoms. The summed E-state index contributed by atoms with van der Waals surface area (Å²) in [6.07, 6.45) is 62.7. The molecule has 0 saturated heterocycles. The van der Waals surface area contributed by atoms with Gasteiger partial charge in [0, 0.05) is 0 Å². The van der Waals surface area contributed by atoms with Crippen LogP contribution < -0.4 is 0 Å². The summed E-state index contributed by atoms with van der Waals surface area (Å²) >= 11 is -4.94. The molecule has 0 bridgehead atoms. The Morgan fingerprint density at radius 3 is 0.544 bits per heavy atom. The molecule has 0 aromatic carbocycles. The maximum atomic E-state index is 13.6. The number of carbonyl (C=O) groups excluding carboxylic acids is 3. The number of hydrogen-bond donors (Lipinski definition) is 0. The fourth-order valence-electron chi connectivity index (χ4n) is 9.76. The van der Waals surface area contributed by atoms with Crippen molar-refractivity contribution in [3.63, 3.8) is 0 Å². The standard InChI is InChI=1S/3C17H34O2.C10H21.Sn/c3*1-2-3-4-5-6-7-8-9-10-11-12-13-14-15-16-17(18)19;1-3-5-7-9-10-8-6-4-2;/h3*2-16H2,1H3,(H,18,19);1,3-10H2,2H3;/q;;;;+3/p-3. The minimum Gasteiger partial charge on any atom is -0.0654 e. The number of unbranched alkanes of at least 4 members (excludes halogenated alkanes) is 46. The Balaban J connectivity index is 5.19. The minimum atomic E-state index is -4.94. The van der Waals surface area contributed by atoms with Gasteiger partial charge in [0.1, 0.15) is 0 Å². The van der Waals surface area contributed by atoms with Crippen molar-refractivity contribution in [3.8, 4) is 0 Å². The van der Waals surface area contributed by atoms with Gasteiger partial charge in [-0.15, -0.1) is 0 Å². The molecule has 0 N–H and O–H groups in total. The van der Waals surface area contributed by atoms with Gasteiger partial charge in [-0.2, -0.15) is 0 Å². The van der Waals surface area contributed by atoms with Crippen LogP contribution in [0.5, 0.6) is 0 Å². The molecule has 6 nitrogen and oxygen atoms in total. The van der Waals surface area contributed by atoms with Crippen LogP contribution in [0, 0.1) is 0 Å². The van der Waals surface area contributed by atoms with Gasteiger partial charge < -0.3 is 0 Å². The molecule has 0 saturated carbocycles. The molecule has 0 rings (SSSR count). The van der Waals surface area contributed by atoms with E-state index in [0.29, 0.717) is 23.7 Å². The van der Waals surface area contributed by atoms with Crippen LogP contribution in [0.1, 0.15) is 368 Å². The third-order valence-corrected chi connectivity index (χ3v) is 21.7. The molecule has 0 fully saturated rings. The number of carbonyl (C=O) groups is 3. The molecule has 404 valence electrons. The van der Waals surface area contributed by atoms with Crippen molar-refractivity contribution in [3.05, 3.63) is 0 Å². The van der Waals surface area contributed by atoms with Crippen molar-refractivity contribution < 1.29 is 23.6 Å². The third-order valence-electron chi connectivity index (χ3n) is 14.3. The Labute approximate surface area is 431 Å². The van der Waals surface area contributed by atoms with E-state index < -0.39 is 19.6 Å². The second-order valence-corrected chi connectivity index (χ2v) is 28.4. The van der Waals surface area contributed by atoms with Gasteiger partial charge in [-0.05, 0) is 0 Å². The van der Waals surface area contributed by atoms with Gasteiger partial charge in [0.2, 0.25) is 0 Å². The average Bonchev–Trinajstić information content (AvgIpc) is 3.32. The van der Waals surface area contributed by atoms with Gasteiger partial charge in [-0.3, -0.25) is 0 Å². The summed E-state index contributed by atoms with van der Waals surface area (Å²) in [7, 11) is 0. The number of rotatable bonds is 57. The molecule has 0 aliphatic rings. The van der Waals surface area contributed by atoms with E-state index in [1.807, 2.05) is 0 Å². The zero-order valence-electron chi connectivity index (χ0n) is 46.6. The summed E-state index contributed by atoms with van der Waals surface area (Å²) in [5.41, 5.74) is 0. The zero-order chi connectivity index (χ0) is 49.5. The summed E-state index contributed by atoms with van der Waals surface area (Å²) in [5.74, 6) is -1.02. The predicted octanol–water partition coefficient (Wildman–Crippen LogP) is 21.3. The van der Waals surface area contributed by atoms with Gasteiger partial charge >= 0.3 is 316 Å². The van der Waals surface area contributed by atoms with E-state index in [1.54, 1.807) is 0 Å². The molecule has 0 aliphatic heterocycles. The second-order valence-electron chi connectivity index (χ2n) is 21.4. The van der Waals surface area contributed by atoms with E-state index in [9.17, 15) is 14.4 Å². The first-order valence-electron chi connectivity index (χ1n) is 31.1. The van der Waals surface area contributed by atoms with Crippen molar-refractivity contribution in [2.24, 2.45) is 0 Å². The van der Waals surface area contributed by atoms with Crippen molar-refractivity contribution in [1.29, 1.82) is 0 Å². The van der Waals surface area contributed by atoms with Crippen molar-refractivity contribution in [2.45, 2.75) is 372 Å². The summed E-state index contributed by atoms with van der Waals surface area (Å²) in [4.78, 5) is 40.9. The van der Waals surface area contributed by atoms with Crippen LogP contribution in [0.4, 0.5) is 0 Å². The third kappa shape index (κ3) is 50.2. The second kappa shape index (κ2) is 55.5. The Morgan fingerprint density at radius 2 is 0.368 bits per heavy atom. The van der Waals surface area contributed by atoms with Crippen LogP contribution in [-0.4, -0.2) is 37.5 Å². The van der Waals surface area contributed by atoms with E-state index in [1.165, 1.54) is 244 Å². The van der Waals surface area contributed by atoms with Crippen molar-refractivity contribution in [1.82, 2.24) is 0 Å². The van der Waals surface area contributed by atoms with Crippen molar-refractivity contribution in [2.75, 3.05) is 0 Å². The molecule has 0 aromatic rings. The molecule has 0 aliphatic carbocycles. The zero-order valence-corrected chi connectivity index (χ0v) is 49.5. The van der Waals surface area contributed by atoms with Gasteiger partial charge in [0.05, 0.1) is 0 Å². The Bertz CT molecular complexity index is 938. The first-order chi connectivity index (χ1) is 33.4. The van der Waals surface area contributed by atoms with E-state index in [2.05, 4.69) is 27.7 Å². The first kappa shape index (κ1) is 67.2. The fraction of sp³-hybridized carbons (Fsp3) is 0.951. The SMILES string of the molecule is CCCCCCCCCCCCCCCCC(=O)[O][Sn]([CH2]CCCCCCCCC)([O]C(=O)CCCCCCCCCCCCCCCC)[O]C(=O)CCCCCCCCCCCCCCCC. The Kier molecular flexibility index (Phi) is 54.9. The summed E-state index contributed by atoms with van der Waals surface area (Å²) < 4.78 is 19.3. The fourth-order valence-corrected chi connectivity index (χ4v) is 16.8. The molecule has 0 radical (unpaired) electrons. The molecule has 0 aromatic heterocycles. The van der Waals surface area contributed by atoms with Crippen molar-refractivity contribution >= 4 is 37.5 Å². The number of hydrogen-bond acceptors (Lipinski definition) is 6. The Morgan fingerprint density at radius 1 is 0.221 bits per heavy atom. The summed E-state index contributed by atoms with van der Waals surface area (Å²) in [6.45, 7) is 9.08. The average molecular weight is 1070 g/mol. The molecule has 0 atom stereocenters. The van der Waals surface area contributed by atoms with Crippen LogP contribution in [-0.2, 0) is 23.6 Å². The van der Waals surface area contributed by atoms with Gasteiger partial charge in [0.15, 0.2) is 0 Å². The van der Waals surface area contributed by atoms with Crippen LogP contribution in [0.15, 0.2) is 0 Å². The van der Waals surface area contributed by atoms with Gasteiger partial charge in [-0.1, -0.05) is 117 Å². The first-order valence-corrected chi connectivity index (χ1v) is 36.6. The molecule has 0 unspecified atom stereocenters. The topological polar surface area (TPSA) is 78.9 Å². The quantitative estimate of drug-likeness (QED) is 0.0446. The van der Waals surface area contributed by atoms with E-state index >= 15 is 0 Å². The van der Waals surface area contributed by atoms with E-state index in [-0.39, 0.29) is 17.9 Å². The molecular weight excluding hydrogens is 947 g/mol. The van der Waals surface area contributed by atoms with E-state index in [0.717, 1.165) is 77.0 Å². The molecule has 0 heterocycles. The smallest absolute Gasteiger partial charge is 0.0654 e.